The molecule has 0 spiro atoms. The number of anilines is 1. The number of nitrogens with two attached hydrogens (primary N) is 1. The predicted molar refractivity (Wildman–Crippen MR) is 71.6 cm³/mol. The molecule has 2 unspecified atom stereocenters. The summed E-state index contributed by atoms with van der Waals surface area (Å²) in [5.74, 6) is 0.388. The summed E-state index contributed by atoms with van der Waals surface area (Å²) in [6.45, 7) is 3.44. The van der Waals surface area contributed by atoms with Crippen molar-refractivity contribution in [2.75, 3.05) is 25.6 Å². The van der Waals surface area contributed by atoms with Crippen molar-refractivity contribution >= 4 is 21.6 Å². The second kappa shape index (κ2) is 6.89. The highest BCUT2D eigenvalue weighted by Gasteiger charge is 2.15. The molecule has 90 valence electrons. The number of halogens is 1. The Balaban J connectivity index is 2.59. The number of nitrogens with one attached hydrogen (secondary N) is 1. The summed E-state index contributed by atoms with van der Waals surface area (Å²) in [6.07, 6.45) is 0. The fourth-order valence-electron chi connectivity index (χ4n) is 1.57. The Hall–Kier alpha value is -0.580. The zero-order valence-corrected chi connectivity index (χ0v) is 11.3. The predicted octanol–water partition coefficient (Wildman–Crippen LogP) is 2.47. The smallest absolute Gasteiger partial charge is 0.0507 e. The lowest BCUT2D eigenvalue weighted by atomic mass is 10.0. The standard InChI is InChI=1S/C12H19BrN2O/c1-9(8-16-2)12(7-14)15-11-5-3-10(13)4-6-11/h3-6,9,12,15H,7-8,14H2,1-2H3. The summed E-state index contributed by atoms with van der Waals surface area (Å²) >= 11 is 3.41. The van der Waals surface area contributed by atoms with Gasteiger partial charge in [-0.25, -0.2) is 0 Å². The van der Waals surface area contributed by atoms with E-state index in [1.807, 2.05) is 24.3 Å². The number of hydrogen-bond donors (Lipinski definition) is 2. The molecule has 0 heterocycles. The number of methoxy groups -OCH3 is 1. The first-order valence-electron chi connectivity index (χ1n) is 5.38. The summed E-state index contributed by atoms with van der Waals surface area (Å²) in [7, 11) is 1.71. The van der Waals surface area contributed by atoms with Crippen LogP contribution in [0.2, 0.25) is 0 Å². The van der Waals surface area contributed by atoms with Crippen molar-refractivity contribution in [2.45, 2.75) is 13.0 Å². The van der Waals surface area contributed by atoms with Crippen molar-refractivity contribution in [1.29, 1.82) is 0 Å². The van der Waals surface area contributed by atoms with Crippen LogP contribution in [0.1, 0.15) is 6.92 Å². The highest BCUT2D eigenvalue weighted by molar-refractivity contribution is 9.10. The Labute approximate surface area is 105 Å². The molecule has 2 atom stereocenters. The molecule has 1 rings (SSSR count). The molecule has 0 aliphatic carbocycles. The minimum absolute atomic E-state index is 0.237. The number of hydrogen-bond acceptors (Lipinski definition) is 3. The molecule has 3 nitrogen and oxygen atoms in total. The van der Waals surface area contributed by atoms with Crippen molar-refractivity contribution in [1.82, 2.24) is 0 Å². The maximum Gasteiger partial charge on any atom is 0.0507 e. The number of benzene rings is 1. The van der Waals surface area contributed by atoms with Gasteiger partial charge in [-0.2, -0.15) is 0 Å². The molecular weight excluding hydrogens is 268 g/mol. The minimum atomic E-state index is 0.237. The molecule has 0 radical (unpaired) electrons. The van der Waals surface area contributed by atoms with E-state index < -0.39 is 0 Å². The van der Waals surface area contributed by atoms with Gasteiger partial charge in [-0.15, -0.1) is 0 Å². The van der Waals surface area contributed by atoms with Crippen molar-refractivity contribution in [2.24, 2.45) is 11.7 Å². The molecule has 0 amide bonds. The van der Waals surface area contributed by atoms with E-state index in [0.717, 1.165) is 10.2 Å². The SMILES string of the molecule is COCC(C)C(CN)Nc1ccc(Br)cc1. The summed E-state index contributed by atoms with van der Waals surface area (Å²) in [5, 5.41) is 3.41. The maximum atomic E-state index is 5.75. The molecule has 16 heavy (non-hydrogen) atoms. The van der Waals surface area contributed by atoms with Crippen LogP contribution in [0.4, 0.5) is 5.69 Å². The fourth-order valence-corrected chi connectivity index (χ4v) is 1.84. The van der Waals surface area contributed by atoms with Crippen LogP contribution in [0, 0.1) is 5.92 Å². The van der Waals surface area contributed by atoms with Gasteiger partial charge in [0.25, 0.3) is 0 Å². The van der Waals surface area contributed by atoms with Gasteiger partial charge < -0.3 is 15.8 Å². The number of rotatable bonds is 6. The van der Waals surface area contributed by atoms with Crippen LogP contribution in [0.3, 0.4) is 0 Å². The van der Waals surface area contributed by atoms with Crippen LogP contribution in [0.15, 0.2) is 28.7 Å². The van der Waals surface area contributed by atoms with E-state index in [9.17, 15) is 0 Å². The van der Waals surface area contributed by atoms with Crippen LogP contribution in [0.5, 0.6) is 0 Å². The van der Waals surface area contributed by atoms with Crippen LogP contribution in [-0.4, -0.2) is 26.3 Å². The summed E-state index contributed by atoms with van der Waals surface area (Å²) in [6, 6.07) is 8.33. The molecule has 0 bridgehead atoms. The molecule has 0 fully saturated rings. The van der Waals surface area contributed by atoms with E-state index in [1.165, 1.54) is 0 Å². The monoisotopic (exact) mass is 286 g/mol. The summed E-state index contributed by atoms with van der Waals surface area (Å²) in [5.41, 5.74) is 6.84. The fraction of sp³-hybridized carbons (Fsp3) is 0.500. The van der Waals surface area contributed by atoms with Crippen LogP contribution >= 0.6 is 15.9 Å². The molecule has 0 saturated carbocycles. The van der Waals surface area contributed by atoms with Crippen molar-refractivity contribution < 1.29 is 4.74 Å². The second-order valence-corrected chi connectivity index (χ2v) is 4.84. The van der Waals surface area contributed by atoms with E-state index in [2.05, 4.69) is 28.2 Å². The lowest BCUT2D eigenvalue weighted by Gasteiger charge is -2.24. The largest absolute Gasteiger partial charge is 0.384 e. The molecule has 0 aromatic heterocycles. The van der Waals surface area contributed by atoms with Crippen molar-refractivity contribution in [3.05, 3.63) is 28.7 Å². The summed E-state index contributed by atoms with van der Waals surface area (Å²) in [4.78, 5) is 0. The third-order valence-corrected chi connectivity index (χ3v) is 3.10. The molecule has 1 aromatic rings. The lowest BCUT2D eigenvalue weighted by molar-refractivity contribution is 0.151. The topological polar surface area (TPSA) is 47.3 Å². The van der Waals surface area contributed by atoms with E-state index in [-0.39, 0.29) is 6.04 Å². The highest BCUT2D eigenvalue weighted by Crippen LogP contribution is 2.16. The van der Waals surface area contributed by atoms with Crippen LogP contribution < -0.4 is 11.1 Å². The van der Waals surface area contributed by atoms with E-state index in [1.54, 1.807) is 7.11 Å². The first kappa shape index (κ1) is 13.5. The van der Waals surface area contributed by atoms with Gasteiger partial charge in [-0.1, -0.05) is 22.9 Å². The van der Waals surface area contributed by atoms with E-state index in [0.29, 0.717) is 19.1 Å². The van der Waals surface area contributed by atoms with Gasteiger partial charge in [-0.05, 0) is 24.3 Å². The summed E-state index contributed by atoms with van der Waals surface area (Å²) < 4.78 is 6.22. The Morgan fingerprint density at radius 1 is 1.38 bits per heavy atom. The first-order chi connectivity index (χ1) is 7.67. The third kappa shape index (κ3) is 4.12. The van der Waals surface area contributed by atoms with Gasteiger partial charge in [0.1, 0.15) is 0 Å². The van der Waals surface area contributed by atoms with Crippen molar-refractivity contribution in [3.8, 4) is 0 Å². The zero-order chi connectivity index (χ0) is 12.0. The van der Waals surface area contributed by atoms with E-state index in [4.69, 9.17) is 10.5 Å². The molecule has 4 heteroatoms. The molecule has 1 aromatic carbocycles. The van der Waals surface area contributed by atoms with Gasteiger partial charge in [0.05, 0.1) is 6.61 Å². The number of ether oxygens (including phenoxy) is 1. The Kier molecular flexibility index (Phi) is 5.80. The van der Waals surface area contributed by atoms with Gasteiger partial charge in [0, 0.05) is 35.8 Å². The molecular formula is C12H19BrN2O. The molecule has 3 N–H and O–H groups in total. The van der Waals surface area contributed by atoms with Crippen LogP contribution in [0.25, 0.3) is 0 Å². The second-order valence-electron chi connectivity index (χ2n) is 3.93. The average molecular weight is 287 g/mol. The normalized spacial score (nSPS) is 14.5. The Morgan fingerprint density at radius 2 is 2.00 bits per heavy atom. The maximum absolute atomic E-state index is 5.75. The Bertz CT molecular complexity index is 302. The lowest BCUT2D eigenvalue weighted by Crippen LogP contribution is -2.37. The quantitative estimate of drug-likeness (QED) is 0.845. The van der Waals surface area contributed by atoms with E-state index >= 15 is 0 Å². The Morgan fingerprint density at radius 3 is 2.50 bits per heavy atom. The molecule has 0 saturated heterocycles. The van der Waals surface area contributed by atoms with Gasteiger partial charge in [-0.3, -0.25) is 0 Å². The van der Waals surface area contributed by atoms with Gasteiger partial charge in [0.2, 0.25) is 0 Å². The van der Waals surface area contributed by atoms with Gasteiger partial charge in [0.15, 0.2) is 0 Å². The van der Waals surface area contributed by atoms with Gasteiger partial charge >= 0.3 is 0 Å². The zero-order valence-electron chi connectivity index (χ0n) is 9.74. The van der Waals surface area contributed by atoms with Crippen LogP contribution in [-0.2, 0) is 4.74 Å². The minimum Gasteiger partial charge on any atom is -0.384 e. The highest BCUT2D eigenvalue weighted by atomic mass is 79.9. The molecule has 0 aliphatic heterocycles. The molecule has 0 aliphatic rings. The average Bonchev–Trinajstić information content (AvgIpc) is 2.28. The third-order valence-electron chi connectivity index (χ3n) is 2.57. The first-order valence-corrected chi connectivity index (χ1v) is 6.17. The van der Waals surface area contributed by atoms with Crippen molar-refractivity contribution in [3.63, 3.8) is 0 Å².